The number of carbonyl (C=O) groups is 1. The van der Waals surface area contributed by atoms with E-state index in [-0.39, 0.29) is 11.9 Å². The van der Waals surface area contributed by atoms with E-state index in [1.54, 1.807) is 0 Å². The molecule has 3 rings (SSSR count). The van der Waals surface area contributed by atoms with E-state index >= 15 is 0 Å². The van der Waals surface area contributed by atoms with Crippen molar-refractivity contribution in [2.24, 2.45) is 0 Å². The van der Waals surface area contributed by atoms with Crippen molar-refractivity contribution in [2.45, 2.75) is 12.5 Å². The van der Waals surface area contributed by atoms with Crippen molar-refractivity contribution in [1.82, 2.24) is 9.80 Å². The predicted molar refractivity (Wildman–Crippen MR) is 86.3 cm³/mol. The van der Waals surface area contributed by atoms with Crippen molar-refractivity contribution >= 4 is 34.8 Å². The first-order valence-corrected chi connectivity index (χ1v) is 8.01. The van der Waals surface area contributed by atoms with Crippen molar-refractivity contribution in [3.05, 3.63) is 28.2 Å². The van der Waals surface area contributed by atoms with Crippen molar-refractivity contribution in [3.8, 4) is 0 Å². The third-order valence-electron chi connectivity index (χ3n) is 4.42. The van der Waals surface area contributed by atoms with Gasteiger partial charge in [0.2, 0.25) is 5.91 Å². The molecule has 1 amide bonds. The molecule has 0 aliphatic carbocycles. The standard InChI is InChI=1S/C15H19Cl2N3O/c1-18-5-4-14(15(18)21)20-8-6-19(7-9-20)11-2-3-12(16)13(17)10-11/h2-3,10,14H,4-9H2,1H3. The van der Waals surface area contributed by atoms with Gasteiger partial charge in [0.1, 0.15) is 0 Å². The van der Waals surface area contributed by atoms with E-state index in [9.17, 15) is 4.79 Å². The molecule has 0 bridgehead atoms. The van der Waals surface area contributed by atoms with Gasteiger partial charge in [0.15, 0.2) is 0 Å². The lowest BCUT2D eigenvalue weighted by atomic mass is 10.1. The average molecular weight is 328 g/mol. The van der Waals surface area contributed by atoms with Crippen LogP contribution in [0.1, 0.15) is 6.42 Å². The van der Waals surface area contributed by atoms with Crippen LogP contribution in [-0.2, 0) is 4.79 Å². The Kier molecular flexibility index (Phi) is 4.29. The molecule has 0 spiro atoms. The number of carbonyl (C=O) groups excluding carboxylic acids is 1. The summed E-state index contributed by atoms with van der Waals surface area (Å²) in [4.78, 5) is 18.5. The Morgan fingerprint density at radius 2 is 1.76 bits per heavy atom. The van der Waals surface area contributed by atoms with Crippen LogP contribution in [0.3, 0.4) is 0 Å². The molecule has 114 valence electrons. The SMILES string of the molecule is CN1CCC(N2CCN(c3ccc(Cl)c(Cl)c3)CC2)C1=O. The first-order chi connectivity index (χ1) is 10.1. The minimum atomic E-state index is 0.0750. The van der Waals surface area contributed by atoms with Gasteiger partial charge in [0.25, 0.3) is 0 Å². The molecule has 2 aliphatic heterocycles. The molecule has 1 aromatic rings. The smallest absolute Gasteiger partial charge is 0.239 e. The lowest BCUT2D eigenvalue weighted by molar-refractivity contribution is -0.131. The number of hydrogen-bond donors (Lipinski definition) is 0. The van der Waals surface area contributed by atoms with Gasteiger partial charge in [-0.1, -0.05) is 23.2 Å². The van der Waals surface area contributed by atoms with Gasteiger partial charge in [-0.25, -0.2) is 0 Å². The second kappa shape index (κ2) is 6.03. The Labute approximate surface area is 135 Å². The van der Waals surface area contributed by atoms with Crippen LogP contribution in [0, 0.1) is 0 Å². The predicted octanol–water partition coefficient (Wildman–Crippen LogP) is 2.35. The normalized spacial score (nSPS) is 24.0. The summed E-state index contributed by atoms with van der Waals surface area (Å²) in [6, 6.07) is 5.82. The number of amides is 1. The van der Waals surface area contributed by atoms with Gasteiger partial charge in [-0.05, 0) is 24.6 Å². The van der Waals surface area contributed by atoms with Crippen LogP contribution >= 0.6 is 23.2 Å². The van der Waals surface area contributed by atoms with E-state index in [4.69, 9.17) is 23.2 Å². The summed E-state index contributed by atoms with van der Waals surface area (Å²) < 4.78 is 0. The largest absolute Gasteiger partial charge is 0.369 e. The third kappa shape index (κ3) is 2.98. The summed E-state index contributed by atoms with van der Waals surface area (Å²) >= 11 is 12.0. The number of rotatable bonds is 2. The molecule has 4 nitrogen and oxygen atoms in total. The monoisotopic (exact) mass is 327 g/mol. The minimum absolute atomic E-state index is 0.0750. The molecule has 2 saturated heterocycles. The zero-order chi connectivity index (χ0) is 15.0. The van der Waals surface area contributed by atoms with Crippen LogP contribution in [-0.4, -0.2) is 61.5 Å². The first-order valence-electron chi connectivity index (χ1n) is 7.25. The fourth-order valence-electron chi connectivity index (χ4n) is 3.12. The fraction of sp³-hybridized carbons (Fsp3) is 0.533. The molecule has 2 aliphatic rings. The molecule has 0 N–H and O–H groups in total. The topological polar surface area (TPSA) is 26.8 Å². The second-order valence-electron chi connectivity index (χ2n) is 5.69. The van der Waals surface area contributed by atoms with Gasteiger partial charge < -0.3 is 9.80 Å². The summed E-state index contributed by atoms with van der Waals surface area (Å²) in [6.45, 7) is 4.50. The maximum absolute atomic E-state index is 12.1. The van der Waals surface area contributed by atoms with E-state index in [0.717, 1.165) is 44.8 Å². The van der Waals surface area contributed by atoms with Gasteiger partial charge in [-0.3, -0.25) is 9.69 Å². The van der Waals surface area contributed by atoms with Gasteiger partial charge in [0, 0.05) is 45.5 Å². The molecule has 6 heteroatoms. The summed E-state index contributed by atoms with van der Waals surface area (Å²) in [5, 5.41) is 1.17. The van der Waals surface area contributed by atoms with Crippen molar-refractivity contribution < 1.29 is 4.79 Å². The molecule has 1 atom stereocenters. The van der Waals surface area contributed by atoms with E-state index in [1.807, 2.05) is 30.1 Å². The van der Waals surface area contributed by atoms with Crippen molar-refractivity contribution in [3.63, 3.8) is 0 Å². The molecule has 1 unspecified atom stereocenters. The molecule has 2 fully saturated rings. The number of likely N-dealkylation sites (N-methyl/N-ethyl adjacent to an activating group) is 1. The molecular weight excluding hydrogens is 309 g/mol. The van der Waals surface area contributed by atoms with Crippen LogP contribution in [0.2, 0.25) is 10.0 Å². The Hall–Kier alpha value is -0.970. The van der Waals surface area contributed by atoms with E-state index < -0.39 is 0 Å². The summed E-state index contributed by atoms with van der Waals surface area (Å²) in [6.07, 6.45) is 0.947. The average Bonchev–Trinajstić information content (AvgIpc) is 2.82. The Morgan fingerprint density at radius 3 is 2.33 bits per heavy atom. The highest BCUT2D eigenvalue weighted by Gasteiger charge is 2.35. The van der Waals surface area contributed by atoms with E-state index in [0.29, 0.717) is 10.0 Å². The van der Waals surface area contributed by atoms with Crippen LogP contribution in [0.4, 0.5) is 5.69 Å². The van der Waals surface area contributed by atoms with Crippen LogP contribution in [0.5, 0.6) is 0 Å². The lowest BCUT2D eigenvalue weighted by Gasteiger charge is -2.38. The van der Waals surface area contributed by atoms with Crippen LogP contribution in [0.25, 0.3) is 0 Å². The third-order valence-corrected chi connectivity index (χ3v) is 5.16. The van der Waals surface area contributed by atoms with Gasteiger partial charge in [0.05, 0.1) is 16.1 Å². The fourth-order valence-corrected chi connectivity index (χ4v) is 3.41. The van der Waals surface area contributed by atoms with Crippen molar-refractivity contribution in [2.75, 3.05) is 44.7 Å². The number of benzene rings is 1. The zero-order valence-corrected chi connectivity index (χ0v) is 13.6. The van der Waals surface area contributed by atoms with Gasteiger partial charge >= 0.3 is 0 Å². The molecule has 1 aromatic carbocycles. The van der Waals surface area contributed by atoms with E-state index in [1.165, 1.54) is 0 Å². The van der Waals surface area contributed by atoms with Gasteiger partial charge in [-0.15, -0.1) is 0 Å². The molecule has 21 heavy (non-hydrogen) atoms. The number of piperazine rings is 1. The van der Waals surface area contributed by atoms with Crippen LogP contribution in [0.15, 0.2) is 18.2 Å². The lowest BCUT2D eigenvalue weighted by Crippen LogP contribution is -2.52. The Balaban J connectivity index is 1.62. The van der Waals surface area contributed by atoms with Crippen molar-refractivity contribution in [1.29, 1.82) is 0 Å². The van der Waals surface area contributed by atoms with E-state index in [2.05, 4.69) is 9.80 Å². The number of likely N-dealkylation sites (tertiary alicyclic amines) is 1. The first kappa shape index (κ1) is 14.9. The molecular formula is C15H19Cl2N3O. The molecule has 0 saturated carbocycles. The number of halogens is 2. The Bertz CT molecular complexity index is 544. The molecule has 0 aromatic heterocycles. The van der Waals surface area contributed by atoms with Gasteiger partial charge in [-0.2, -0.15) is 0 Å². The highest BCUT2D eigenvalue weighted by Crippen LogP contribution is 2.28. The summed E-state index contributed by atoms with van der Waals surface area (Å²) in [7, 11) is 1.88. The number of nitrogens with zero attached hydrogens (tertiary/aromatic N) is 3. The highest BCUT2D eigenvalue weighted by atomic mass is 35.5. The number of anilines is 1. The minimum Gasteiger partial charge on any atom is -0.369 e. The molecule has 2 heterocycles. The summed E-state index contributed by atoms with van der Waals surface area (Å²) in [5.41, 5.74) is 1.10. The maximum atomic E-state index is 12.1. The summed E-state index contributed by atoms with van der Waals surface area (Å²) in [5.74, 6) is 0.262. The maximum Gasteiger partial charge on any atom is 0.239 e. The van der Waals surface area contributed by atoms with Crippen LogP contribution < -0.4 is 4.90 Å². The second-order valence-corrected chi connectivity index (χ2v) is 6.50. The number of hydrogen-bond acceptors (Lipinski definition) is 3. The molecule has 0 radical (unpaired) electrons. The quantitative estimate of drug-likeness (QED) is 0.834. The Morgan fingerprint density at radius 1 is 1.05 bits per heavy atom. The zero-order valence-electron chi connectivity index (χ0n) is 12.1. The highest BCUT2D eigenvalue weighted by molar-refractivity contribution is 6.42.